The highest BCUT2D eigenvalue weighted by atomic mass is 79.9. The summed E-state index contributed by atoms with van der Waals surface area (Å²) in [4.78, 5) is -0.0162. The minimum atomic E-state index is -1.09. The molecule has 0 saturated heterocycles. The Bertz CT molecular complexity index is 133. The first kappa shape index (κ1) is 7.19. The van der Waals surface area contributed by atoms with Gasteiger partial charge >= 0.3 is 0 Å². The third-order valence-corrected chi connectivity index (χ3v) is 1.96. The Morgan fingerprint density at radius 1 is 1.67 bits per heavy atom. The van der Waals surface area contributed by atoms with Crippen LogP contribution in [0.25, 0.3) is 0 Å². The van der Waals surface area contributed by atoms with Crippen molar-refractivity contribution in [2.45, 2.75) is 23.8 Å². The van der Waals surface area contributed by atoms with Gasteiger partial charge < -0.3 is 0 Å². The molecule has 0 heterocycles. The van der Waals surface area contributed by atoms with E-state index in [2.05, 4.69) is 15.9 Å². The van der Waals surface area contributed by atoms with Crippen LogP contribution < -0.4 is 0 Å². The van der Waals surface area contributed by atoms with E-state index in [4.69, 9.17) is 0 Å². The van der Waals surface area contributed by atoms with Crippen molar-refractivity contribution >= 4 is 15.9 Å². The second kappa shape index (κ2) is 2.78. The molecule has 0 radical (unpaired) electrons. The van der Waals surface area contributed by atoms with Gasteiger partial charge in [-0.3, -0.25) is 0 Å². The first-order valence-electron chi connectivity index (χ1n) is 2.83. The standard InChI is InChI=1S/C6H7BrF2/c7-4-1-5(8)3-6(9)2-4/h3-5H,1-2H2. The van der Waals surface area contributed by atoms with E-state index in [0.717, 1.165) is 6.08 Å². The van der Waals surface area contributed by atoms with E-state index < -0.39 is 6.17 Å². The zero-order valence-electron chi connectivity index (χ0n) is 4.78. The second-order valence-electron chi connectivity index (χ2n) is 2.17. The molecule has 2 atom stereocenters. The van der Waals surface area contributed by atoms with Crippen molar-refractivity contribution in [1.82, 2.24) is 0 Å². The highest BCUT2D eigenvalue weighted by Crippen LogP contribution is 2.26. The molecule has 1 aliphatic carbocycles. The summed E-state index contributed by atoms with van der Waals surface area (Å²) in [5.74, 6) is -0.337. The van der Waals surface area contributed by atoms with Crippen LogP contribution in [0.3, 0.4) is 0 Å². The number of hydrogen-bond donors (Lipinski definition) is 0. The zero-order chi connectivity index (χ0) is 6.85. The van der Waals surface area contributed by atoms with E-state index in [1.165, 1.54) is 0 Å². The van der Waals surface area contributed by atoms with Crippen LogP contribution in [0.1, 0.15) is 12.8 Å². The van der Waals surface area contributed by atoms with Crippen molar-refractivity contribution < 1.29 is 8.78 Å². The van der Waals surface area contributed by atoms with Crippen LogP contribution in [0.4, 0.5) is 8.78 Å². The number of rotatable bonds is 0. The van der Waals surface area contributed by atoms with Gasteiger partial charge in [0.1, 0.15) is 6.17 Å². The molecule has 0 saturated carbocycles. The highest BCUT2D eigenvalue weighted by molar-refractivity contribution is 9.09. The van der Waals surface area contributed by atoms with Gasteiger partial charge in [-0.05, 0) is 12.5 Å². The zero-order valence-corrected chi connectivity index (χ0v) is 6.37. The molecule has 3 heteroatoms. The topological polar surface area (TPSA) is 0 Å². The summed E-state index contributed by atoms with van der Waals surface area (Å²) in [6, 6.07) is 0. The van der Waals surface area contributed by atoms with Crippen molar-refractivity contribution in [2.75, 3.05) is 0 Å². The molecule has 9 heavy (non-hydrogen) atoms. The van der Waals surface area contributed by atoms with E-state index in [1.54, 1.807) is 0 Å². The van der Waals surface area contributed by atoms with Gasteiger partial charge in [0.2, 0.25) is 0 Å². The monoisotopic (exact) mass is 196 g/mol. The van der Waals surface area contributed by atoms with Gasteiger partial charge in [0.15, 0.2) is 0 Å². The molecule has 2 unspecified atom stereocenters. The fourth-order valence-corrected chi connectivity index (χ4v) is 1.54. The van der Waals surface area contributed by atoms with E-state index in [1.807, 2.05) is 0 Å². The first-order chi connectivity index (χ1) is 4.18. The van der Waals surface area contributed by atoms with Gasteiger partial charge in [0, 0.05) is 11.2 Å². The minimum absolute atomic E-state index is 0.0162. The number of halogens is 3. The summed E-state index contributed by atoms with van der Waals surface area (Å²) < 4.78 is 24.6. The first-order valence-corrected chi connectivity index (χ1v) is 3.74. The molecule has 0 nitrogen and oxygen atoms in total. The summed E-state index contributed by atoms with van der Waals surface area (Å²) in [5.41, 5.74) is 0. The SMILES string of the molecule is FC1=CC(F)CC(Br)C1. The molecule has 0 aromatic rings. The van der Waals surface area contributed by atoms with Crippen molar-refractivity contribution in [2.24, 2.45) is 0 Å². The lowest BCUT2D eigenvalue weighted by molar-refractivity contribution is 0.346. The molecule has 0 spiro atoms. The van der Waals surface area contributed by atoms with Gasteiger partial charge in [-0.15, -0.1) is 0 Å². The van der Waals surface area contributed by atoms with Crippen molar-refractivity contribution in [3.8, 4) is 0 Å². The molecule has 52 valence electrons. The van der Waals surface area contributed by atoms with Crippen molar-refractivity contribution in [3.05, 3.63) is 11.9 Å². The maximum absolute atomic E-state index is 12.3. The average molecular weight is 197 g/mol. The van der Waals surface area contributed by atoms with Crippen LogP contribution in [0.15, 0.2) is 11.9 Å². The van der Waals surface area contributed by atoms with Crippen LogP contribution in [0, 0.1) is 0 Å². The van der Waals surface area contributed by atoms with Gasteiger partial charge in [-0.1, -0.05) is 15.9 Å². The molecule has 0 bridgehead atoms. The van der Waals surface area contributed by atoms with E-state index in [0.29, 0.717) is 12.8 Å². The number of alkyl halides is 2. The van der Waals surface area contributed by atoms with Gasteiger partial charge in [0.05, 0.1) is 5.83 Å². The highest BCUT2D eigenvalue weighted by Gasteiger charge is 2.19. The molecular weight excluding hydrogens is 190 g/mol. The summed E-state index contributed by atoms with van der Waals surface area (Å²) in [6.45, 7) is 0. The Balaban J connectivity index is 2.56. The Morgan fingerprint density at radius 3 is 2.78 bits per heavy atom. The summed E-state index contributed by atoms with van der Waals surface area (Å²) >= 11 is 3.15. The lowest BCUT2D eigenvalue weighted by Crippen LogP contribution is -2.12. The maximum atomic E-state index is 12.3. The molecule has 0 aliphatic heterocycles. The molecule has 0 N–H and O–H groups in total. The third kappa shape index (κ3) is 2.05. The van der Waals surface area contributed by atoms with Crippen LogP contribution in [-0.4, -0.2) is 11.0 Å². The smallest absolute Gasteiger partial charge is 0.122 e. The van der Waals surface area contributed by atoms with Gasteiger partial charge in [0.25, 0.3) is 0 Å². The fraction of sp³-hybridized carbons (Fsp3) is 0.667. The van der Waals surface area contributed by atoms with Crippen molar-refractivity contribution in [1.29, 1.82) is 0 Å². The molecule has 0 amide bonds. The molecule has 0 aromatic heterocycles. The Morgan fingerprint density at radius 2 is 2.33 bits per heavy atom. The van der Waals surface area contributed by atoms with Crippen molar-refractivity contribution in [3.63, 3.8) is 0 Å². The Hall–Kier alpha value is 0.0800. The lowest BCUT2D eigenvalue weighted by atomic mass is 10.1. The van der Waals surface area contributed by atoms with Crippen LogP contribution in [0.5, 0.6) is 0 Å². The third-order valence-electron chi connectivity index (χ3n) is 1.26. The Kier molecular flexibility index (Phi) is 2.22. The van der Waals surface area contributed by atoms with E-state index in [-0.39, 0.29) is 10.7 Å². The van der Waals surface area contributed by atoms with E-state index in [9.17, 15) is 8.78 Å². The summed E-state index contributed by atoms with van der Waals surface area (Å²) in [7, 11) is 0. The fourth-order valence-electron chi connectivity index (χ4n) is 0.872. The molecule has 0 fully saturated rings. The largest absolute Gasteiger partial charge is 0.243 e. The average Bonchev–Trinajstić information content (AvgIpc) is 1.59. The molecule has 1 rings (SSSR count). The Labute approximate surface area is 61.1 Å². The van der Waals surface area contributed by atoms with E-state index >= 15 is 0 Å². The molecule has 0 aromatic carbocycles. The predicted molar refractivity (Wildman–Crippen MR) is 36.0 cm³/mol. The van der Waals surface area contributed by atoms with Crippen LogP contribution in [-0.2, 0) is 0 Å². The molecular formula is C6H7BrF2. The second-order valence-corrected chi connectivity index (χ2v) is 3.46. The van der Waals surface area contributed by atoms with Crippen LogP contribution in [0.2, 0.25) is 0 Å². The minimum Gasteiger partial charge on any atom is -0.243 e. The summed E-state index contributed by atoms with van der Waals surface area (Å²) in [5, 5.41) is 0. The quantitative estimate of drug-likeness (QED) is 0.523. The predicted octanol–water partition coefficient (Wildman–Crippen LogP) is 2.74. The van der Waals surface area contributed by atoms with Gasteiger partial charge in [-0.2, -0.15) is 0 Å². The van der Waals surface area contributed by atoms with Gasteiger partial charge in [-0.25, -0.2) is 8.78 Å². The number of hydrogen-bond acceptors (Lipinski definition) is 0. The normalized spacial score (nSPS) is 36.1. The number of allylic oxidation sites excluding steroid dienone is 2. The maximum Gasteiger partial charge on any atom is 0.122 e. The molecule has 1 aliphatic rings. The van der Waals surface area contributed by atoms with Crippen LogP contribution >= 0.6 is 15.9 Å². The summed E-state index contributed by atoms with van der Waals surface area (Å²) in [6.07, 6.45) is 0.675. The lowest BCUT2D eigenvalue weighted by Gasteiger charge is -2.14.